The van der Waals surface area contributed by atoms with Gasteiger partial charge in [-0.2, -0.15) is 4.98 Å². The van der Waals surface area contributed by atoms with Gasteiger partial charge in [-0.15, -0.1) is 10.2 Å². The van der Waals surface area contributed by atoms with Gasteiger partial charge in [0.15, 0.2) is 11.6 Å². The molecule has 0 fully saturated rings. The number of hydrogen-bond donors (Lipinski definition) is 1. The SMILES string of the molecule is Cc1noc(CCC(=O)Nc2ccc(Cl)c(-c3nnc4n3CCCCC4)c2)n1. The summed E-state index contributed by atoms with van der Waals surface area (Å²) >= 11 is 6.43. The number of carbonyl (C=O) groups excluding carboxylic acids is 1. The second-order valence-corrected chi connectivity index (χ2v) is 7.29. The van der Waals surface area contributed by atoms with Crippen molar-refractivity contribution in [2.45, 2.75) is 52.0 Å². The fourth-order valence-corrected chi connectivity index (χ4v) is 3.55. The molecule has 3 heterocycles. The Morgan fingerprint density at radius 2 is 2.18 bits per heavy atom. The third kappa shape index (κ3) is 4.06. The number of hydrogen-bond acceptors (Lipinski definition) is 6. The molecule has 0 unspecified atom stereocenters. The predicted octanol–water partition coefficient (Wildman–Crippen LogP) is 3.59. The number of nitrogens with zero attached hydrogens (tertiary/aromatic N) is 5. The second-order valence-electron chi connectivity index (χ2n) is 6.88. The molecule has 1 amide bonds. The first-order valence-corrected chi connectivity index (χ1v) is 9.79. The zero-order chi connectivity index (χ0) is 19.5. The minimum Gasteiger partial charge on any atom is -0.339 e. The maximum absolute atomic E-state index is 12.3. The van der Waals surface area contributed by atoms with Gasteiger partial charge in [-0.1, -0.05) is 23.2 Å². The summed E-state index contributed by atoms with van der Waals surface area (Å²) in [4.78, 5) is 16.4. The minimum atomic E-state index is -0.135. The van der Waals surface area contributed by atoms with Gasteiger partial charge in [0.05, 0.1) is 5.02 Å². The van der Waals surface area contributed by atoms with Crippen LogP contribution in [0.5, 0.6) is 0 Å². The number of amides is 1. The summed E-state index contributed by atoms with van der Waals surface area (Å²) < 4.78 is 7.17. The third-order valence-corrected chi connectivity index (χ3v) is 5.07. The highest BCUT2D eigenvalue weighted by Gasteiger charge is 2.18. The van der Waals surface area contributed by atoms with Gasteiger partial charge in [-0.3, -0.25) is 4.79 Å². The smallest absolute Gasteiger partial charge is 0.227 e. The molecule has 28 heavy (non-hydrogen) atoms. The van der Waals surface area contributed by atoms with E-state index in [4.69, 9.17) is 16.1 Å². The molecule has 0 bridgehead atoms. The first kappa shape index (κ1) is 18.6. The van der Waals surface area contributed by atoms with Crippen molar-refractivity contribution < 1.29 is 9.32 Å². The predicted molar refractivity (Wildman–Crippen MR) is 104 cm³/mol. The fourth-order valence-electron chi connectivity index (χ4n) is 3.34. The molecule has 8 nitrogen and oxygen atoms in total. The molecule has 1 aliphatic heterocycles. The highest BCUT2D eigenvalue weighted by molar-refractivity contribution is 6.33. The average Bonchev–Trinajstić information content (AvgIpc) is 3.20. The van der Waals surface area contributed by atoms with Gasteiger partial charge in [0, 0.05) is 37.1 Å². The Kier molecular flexibility index (Phi) is 5.38. The summed E-state index contributed by atoms with van der Waals surface area (Å²) in [5.74, 6) is 2.62. The molecule has 0 saturated carbocycles. The van der Waals surface area contributed by atoms with E-state index in [1.54, 1.807) is 19.1 Å². The molecule has 0 radical (unpaired) electrons. The number of nitrogens with one attached hydrogen (secondary N) is 1. The molecule has 1 N–H and O–H groups in total. The second kappa shape index (κ2) is 8.10. The summed E-state index contributed by atoms with van der Waals surface area (Å²) in [6, 6.07) is 5.39. The molecule has 0 aliphatic carbocycles. The van der Waals surface area contributed by atoms with Gasteiger partial charge in [0.1, 0.15) is 5.82 Å². The quantitative estimate of drug-likeness (QED) is 0.702. The largest absolute Gasteiger partial charge is 0.339 e. The summed E-state index contributed by atoms with van der Waals surface area (Å²) in [5.41, 5.74) is 1.43. The van der Waals surface area contributed by atoms with Crippen molar-refractivity contribution in [3.8, 4) is 11.4 Å². The topological polar surface area (TPSA) is 98.7 Å². The Hall–Kier alpha value is -2.74. The Morgan fingerprint density at radius 3 is 3.00 bits per heavy atom. The Morgan fingerprint density at radius 1 is 1.29 bits per heavy atom. The lowest BCUT2D eigenvalue weighted by atomic mass is 10.1. The molecular weight excluding hydrogens is 380 g/mol. The van der Waals surface area contributed by atoms with Crippen molar-refractivity contribution in [3.63, 3.8) is 0 Å². The van der Waals surface area contributed by atoms with Crippen LogP contribution in [-0.4, -0.2) is 30.8 Å². The number of anilines is 1. The lowest BCUT2D eigenvalue weighted by molar-refractivity contribution is -0.116. The van der Waals surface area contributed by atoms with Gasteiger partial charge in [0.25, 0.3) is 0 Å². The van der Waals surface area contributed by atoms with Crippen molar-refractivity contribution in [1.29, 1.82) is 0 Å². The van der Waals surface area contributed by atoms with Crippen LogP contribution >= 0.6 is 11.6 Å². The number of aromatic nitrogens is 5. The molecule has 0 spiro atoms. The van der Waals surface area contributed by atoms with Crippen molar-refractivity contribution in [1.82, 2.24) is 24.9 Å². The zero-order valence-corrected chi connectivity index (χ0v) is 16.4. The van der Waals surface area contributed by atoms with Gasteiger partial charge >= 0.3 is 0 Å². The number of rotatable bonds is 5. The van der Waals surface area contributed by atoms with Crippen molar-refractivity contribution in [2.75, 3.05) is 5.32 Å². The van der Waals surface area contributed by atoms with Crippen molar-refractivity contribution >= 4 is 23.2 Å². The molecule has 1 aromatic carbocycles. The highest BCUT2D eigenvalue weighted by Crippen LogP contribution is 2.31. The van der Waals surface area contributed by atoms with Crippen LogP contribution in [-0.2, 0) is 24.2 Å². The molecular formula is C19H21ClN6O2. The molecule has 0 atom stereocenters. The van der Waals surface area contributed by atoms with Crippen LogP contribution in [0.3, 0.4) is 0 Å². The molecule has 9 heteroatoms. The van der Waals surface area contributed by atoms with Gasteiger partial charge in [0.2, 0.25) is 11.8 Å². The van der Waals surface area contributed by atoms with Crippen molar-refractivity contribution in [3.05, 3.63) is 40.8 Å². The molecule has 0 saturated heterocycles. The number of halogens is 1. The van der Waals surface area contributed by atoms with Crippen LogP contribution in [0.25, 0.3) is 11.4 Å². The van der Waals surface area contributed by atoms with E-state index < -0.39 is 0 Å². The van der Waals surface area contributed by atoms with E-state index in [-0.39, 0.29) is 12.3 Å². The molecule has 3 aromatic rings. The first-order valence-electron chi connectivity index (χ1n) is 9.41. The Bertz CT molecular complexity index is 996. The zero-order valence-electron chi connectivity index (χ0n) is 15.6. The van der Waals surface area contributed by atoms with Crippen LogP contribution < -0.4 is 5.32 Å². The van der Waals surface area contributed by atoms with Crippen LogP contribution in [0.4, 0.5) is 5.69 Å². The Labute approximate surface area is 167 Å². The number of fused-ring (bicyclic) bond motifs is 1. The average molecular weight is 401 g/mol. The van der Waals surface area contributed by atoms with Gasteiger partial charge in [-0.05, 0) is 38.0 Å². The monoisotopic (exact) mass is 400 g/mol. The highest BCUT2D eigenvalue weighted by atomic mass is 35.5. The lowest BCUT2D eigenvalue weighted by Gasteiger charge is -2.11. The molecule has 2 aromatic heterocycles. The van der Waals surface area contributed by atoms with E-state index in [0.717, 1.165) is 43.0 Å². The van der Waals surface area contributed by atoms with E-state index in [0.29, 0.717) is 28.8 Å². The van der Waals surface area contributed by atoms with Crippen LogP contribution in [0.15, 0.2) is 22.7 Å². The lowest BCUT2D eigenvalue weighted by Crippen LogP contribution is -2.12. The minimum absolute atomic E-state index is 0.135. The normalized spacial score (nSPS) is 13.8. The number of aryl methyl sites for hydroxylation is 3. The number of benzene rings is 1. The maximum Gasteiger partial charge on any atom is 0.227 e. The molecule has 1 aliphatic rings. The van der Waals surface area contributed by atoms with E-state index in [2.05, 4.69) is 30.2 Å². The molecule has 146 valence electrons. The summed E-state index contributed by atoms with van der Waals surface area (Å²) in [6.07, 6.45) is 4.98. The molecule has 4 rings (SSSR count). The third-order valence-electron chi connectivity index (χ3n) is 4.74. The van der Waals surface area contributed by atoms with E-state index in [9.17, 15) is 4.79 Å². The maximum atomic E-state index is 12.3. The number of carbonyl (C=O) groups is 1. The standard InChI is InChI=1S/C19H21ClN6O2/c1-12-21-18(28-25-12)9-8-17(27)22-13-6-7-15(20)14(11-13)19-24-23-16-5-3-2-4-10-26(16)19/h6-7,11H,2-5,8-10H2,1H3,(H,22,27). The summed E-state index contributed by atoms with van der Waals surface area (Å²) in [5, 5.41) is 15.9. The summed E-state index contributed by atoms with van der Waals surface area (Å²) in [6.45, 7) is 2.63. The van der Waals surface area contributed by atoms with Crippen LogP contribution in [0, 0.1) is 6.92 Å². The summed E-state index contributed by atoms with van der Waals surface area (Å²) in [7, 11) is 0. The Balaban J connectivity index is 1.49. The van der Waals surface area contributed by atoms with E-state index in [1.165, 1.54) is 6.42 Å². The first-order chi connectivity index (χ1) is 13.6. The van der Waals surface area contributed by atoms with Gasteiger partial charge < -0.3 is 14.4 Å². The van der Waals surface area contributed by atoms with Gasteiger partial charge in [-0.25, -0.2) is 0 Å². The van der Waals surface area contributed by atoms with E-state index >= 15 is 0 Å². The van der Waals surface area contributed by atoms with Crippen LogP contribution in [0.2, 0.25) is 5.02 Å². The van der Waals surface area contributed by atoms with E-state index in [1.807, 2.05) is 6.07 Å². The van der Waals surface area contributed by atoms with Crippen LogP contribution in [0.1, 0.15) is 43.2 Å². The van der Waals surface area contributed by atoms with Crippen molar-refractivity contribution in [2.24, 2.45) is 0 Å². The fraction of sp³-hybridized carbons (Fsp3) is 0.421.